The number of hydrogen-bond acceptors (Lipinski definition) is 6. The summed E-state index contributed by atoms with van der Waals surface area (Å²) in [5, 5.41) is 4.43. The van der Waals surface area contributed by atoms with E-state index in [4.69, 9.17) is 15.9 Å². The highest BCUT2D eigenvalue weighted by Crippen LogP contribution is 2.22. The van der Waals surface area contributed by atoms with Crippen LogP contribution in [0.25, 0.3) is 17.1 Å². The van der Waals surface area contributed by atoms with E-state index in [9.17, 15) is 9.18 Å². The Bertz CT molecular complexity index is 1310. The molecule has 0 saturated carbocycles. The molecule has 34 heavy (non-hydrogen) atoms. The van der Waals surface area contributed by atoms with Gasteiger partial charge in [-0.3, -0.25) is 4.79 Å². The molecule has 0 saturated heterocycles. The van der Waals surface area contributed by atoms with Gasteiger partial charge >= 0.3 is 0 Å². The number of rotatable bonds is 8. The van der Waals surface area contributed by atoms with E-state index in [1.165, 1.54) is 23.0 Å². The first-order chi connectivity index (χ1) is 16.6. The van der Waals surface area contributed by atoms with Gasteiger partial charge in [0.05, 0.1) is 30.6 Å². The van der Waals surface area contributed by atoms with E-state index in [0.29, 0.717) is 42.6 Å². The van der Waals surface area contributed by atoms with E-state index in [1.807, 2.05) is 24.3 Å². The Balaban J connectivity index is 1.52. The highest BCUT2D eigenvalue weighted by atomic mass is 19.1. The average molecular weight is 458 g/mol. The number of nitrogens with zero attached hydrogens (tertiary/aromatic N) is 4. The molecule has 8 heteroatoms. The van der Waals surface area contributed by atoms with Crippen molar-refractivity contribution < 1.29 is 13.9 Å². The number of aromatic nitrogens is 4. The van der Waals surface area contributed by atoms with Crippen LogP contribution in [0.5, 0.6) is 5.75 Å². The standard InChI is InChI=1S/C26H23FN4O3/c1-3-19-7-8-21(15-23(19)27)31-10-9-25(32)24(30-31)14-18-5-4-6-20(13-18)26-28-16-22(17-29-26)34-12-11-33-2/h1,4-10,13,15-17,19,23H,11-12,14H2,2H3. The van der Waals surface area contributed by atoms with Gasteiger partial charge in [0.2, 0.25) is 5.43 Å². The Morgan fingerprint density at radius 3 is 2.76 bits per heavy atom. The lowest BCUT2D eigenvalue weighted by Crippen LogP contribution is -2.19. The van der Waals surface area contributed by atoms with Crippen LogP contribution in [0.2, 0.25) is 0 Å². The van der Waals surface area contributed by atoms with E-state index >= 15 is 0 Å². The number of methoxy groups -OCH3 is 1. The summed E-state index contributed by atoms with van der Waals surface area (Å²) < 4.78 is 26.2. The van der Waals surface area contributed by atoms with Gasteiger partial charge in [-0.05, 0) is 23.8 Å². The fourth-order valence-electron chi connectivity index (χ4n) is 3.44. The molecule has 2 aromatic heterocycles. The first-order valence-corrected chi connectivity index (χ1v) is 10.7. The molecule has 4 rings (SSSR count). The van der Waals surface area contributed by atoms with Crippen LogP contribution in [0.15, 0.2) is 71.9 Å². The topological polar surface area (TPSA) is 79.1 Å². The summed E-state index contributed by atoms with van der Waals surface area (Å²) in [6.07, 6.45) is 13.8. The van der Waals surface area contributed by atoms with Crippen molar-refractivity contribution in [3.63, 3.8) is 0 Å². The van der Waals surface area contributed by atoms with Gasteiger partial charge in [-0.1, -0.05) is 30.2 Å². The quantitative estimate of drug-likeness (QED) is 0.381. The molecule has 0 spiro atoms. The first kappa shape index (κ1) is 23.1. The fraction of sp³-hybridized carbons (Fsp3) is 0.231. The molecule has 0 aliphatic heterocycles. The lowest BCUT2D eigenvalue weighted by Gasteiger charge is -2.17. The van der Waals surface area contributed by atoms with Crippen LogP contribution in [0.4, 0.5) is 4.39 Å². The minimum Gasteiger partial charge on any atom is -0.488 e. The monoisotopic (exact) mass is 458 g/mol. The van der Waals surface area contributed by atoms with Gasteiger partial charge in [-0.25, -0.2) is 19.0 Å². The molecular weight excluding hydrogens is 435 g/mol. The molecule has 7 nitrogen and oxygen atoms in total. The molecule has 0 bridgehead atoms. The maximum atomic E-state index is 14.2. The number of terminal acetylenes is 1. The zero-order valence-corrected chi connectivity index (χ0v) is 18.6. The molecule has 1 aliphatic carbocycles. The van der Waals surface area contributed by atoms with E-state index in [0.717, 1.165) is 11.1 Å². The third-order valence-corrected chi connectivity index (χ3v) is 5.23. The van der Waals surface area contributed by atoms with Crippen molar-refractivity contribution in [3.05, 3.63) is 88.6 Å². The molecule has 2 heterocycles. The molecule has 0 fully saturated rings. The molecule has 3 aromatic rings. The third-order valence-electron chi connectivity index (χ3n) is 5.23. The maximum absolute atomic E-state index is 14.2. The summed E-state index contributed by atoms with van der Waals surface area (Å²) in [5.41, 5.74) is 2.33. The third kappa shape index (κ3) is 5.45. The van der Waals surface area contributed by atoms with Crippen molar-refractivity contribution in [1.82, 2.24) is 19.7 Å². The largest absolute Gasteiger partial charge is 0.488 e. The Morgan fingerprint density at radius 2 is 2.03 bits per heavy atom. The molecule has 2 unspecified atom stereocenters. The zero-order valence-electron chi connectivity index (χ0n) is 18.6. The lowest BCUT2D eigenvalue weighted by atomic mass is 9.98. The summed E-state index contributed by atoms with van der Waals surface area (Å²) in [5.74, 6) is 2.90. The van der Waals surface area contributed by atoms with Gasteiger partial charge in [0.1, 0.15) is 18.5 Å². The van der Waals surface area contributed by atoms with Gasteiger partial charge in [-0.15, -0.1) is 6.42 Å². The van der Waals surface area contributed by atoms with Crippen molar-refractivity contribution in [1.29, 1.82) is 0 Å². The van der Waals surface area contributed by atoms with Gasteiger partial charge in [0.25, 0.3) is 0 Å². The summed E-state index contributed by atoms with van der Waals surface area (Å²) in [6, 6.07) is 9.00. The van der Waals surface area contributed by atoms with E-state index in [-0.39, 0.29) is 5.43 Å². The highest BCUT2D eigenvalue weighted by Gasteiger charge is 2.19. The highest BCUT2D eigenvalue weighted by molar-refractivity contribution is 5.60. The van der Waals surface area contributed by atoms with E-state index in [2.05, 4.69) is 21.0 Å². The zero-order chi connectivity index (χ0) is 23.9. The van der Waals surface area contributed by atoms with Crippen molar-refractivity contribution in [3.8, 4) is 29.5 Å². The van der Waals surface area contributed by atoms with E-state index < -0.39 is 12.1 Å². The molecule has 0 amide bonds. The van der Waals surface area contributed by atoms with Gasteiger partial charge in [0.15, 0.2) is 11.6 Å². The molecule has 0 radical (unpaired) electrons. The molecule has 172 valence electrons. The Hall–Kier alpha value is -4.09. The molecule has 1 aliphatic rings. The minimum atomic E-state index is -1.30. The van der Waals surface area contributed by atoms with Crippen LogP contribution in [-0.2, 0) is 11.2 Å². The Labute approximate surface area is 196 Å². The van der Waals surface area contributed by atoms with Crippen LogP contribution in [-0.4, -0.2) is 46.2 Å². The number of hydrogen-bond donors (Lipinski definition) is 0. The Morgan fingerprint density at radius 1 is 1.21 bits per heavy atom. The lowest BCUT2D eigenvalue weighted by molar-refractivity contribution is 0.146. The summed E-state index contributed by atoms with van der Waals surface area (Å²) in [4.78, 5) is 21.2. The second-order valence-electron chi connectivity index (χ2n) is 7.62. The fourth-order valence-corrected chi connectivity index (χ4v) is 3.44. The predicted octanol–water partition coefficient (Wildman–Crippen LogP) is 3.31. The number of halogens is 1. The number of benzene rings is 1. The maximum Gasteiger partial charge on any atom is 0.203 e. The van der Waals surface area contributed by atoms with Crippen LogP contribution in [0.1, 0.15) is 11.3 Å². The number of allylic oxidation sites excluding steroid dienone is 4. The molecule has 0 N–H and O–H groups in total. The minimum absolute atomic E-state index is 0.200. The van der Waals surface area contributed by atoms with Crippen LogP contribution < -0.4 is 10.2 Å². The van der Waals surface area contributed by atoms with Gasteiger partial charge in [-0.2, -0.15) is 5.10 Å². The molecular formula is C26H23FN4O3. The summed E-state index contributed by atoms with van der Waals surface area (Å²) >= 11 is 0. The molecule has 1 aromatic carbocycles. The average Bonchev–Trinajstić information content (AvgIpc) is 2.86. The van der Waals surface area contributed by atoms with Crippen molar-refractivity contribution in [2.24, 2.45) is 5.92 Å². The van der Waals surface area contributed by atoms with Gasteiger partial charge in [0, 0.05) is 31.4 Å². The van der Waals surface area contributed by atoms with Crippen molar-refractivity contribution in [2.45, 2.75) is 12.6 Å². The first-order valence-electron chi connectivity index (χ1n) is 10.7. The summed E-state index contributed by atoms with van der Waals surface area (Å²) in [6.45, 7) is 0.895. The second kappa shape index (κ2) is 10.7. The normalized spacial score (nSPS) is 17.1. The van der Waals surface area contributed by atoms with Crippen LogP contribution in [0.3, 0.4) is 0 Å². The van der Waals surface area contributed by atoms with Crippen LogP contribution in [0, 0.1) is 18.3 Å². The van der Waals surface area contributed by atoms with Gasteiger partial charge < -0.3 is 9.47 Å². The summed E-state index contributed by atoms with van der Waals surface area (Å²) in [7, 11) is 1.61. The van der Waals surface area contributed by atoms with Crippen molar-refractivity contribution in [2.75, 3.05) is 20.3 Å². The smallest absolute Gasteiger partial charge is 0.203 e. The van der Waals surface area contributed by atoms with Crippen LogP contribution >= 0.6 is 0 Å². The predicted molar refractivity (Wildman–Crippen MR) is 127 cm³/mol. The van der Waals surface area contributed by atoms with E-state index in [1.54, 1.807) is 31.7 Å². The number of ether oxygens (including phenoxy) is 2. The second-order valence-corrected chi connectivity index (χ2v) is 7.62. The molecule has 2 atom stereocenters. The number of alkyl halides is 1. The Kier molecular flexibility index (Phi) is 7.25. The van der Waals surface area contributed by atoms with Crippen molar-refractivity contribution >= 4 is 5.70 Å². The SMILES string of the molecule is C#CC1C=CC(n2ccc(=O)c(Cc3cccc(-c4ncc(OCCOC)cn4)c3)n2)=CC1F.